The van der Waals surface area contributed by atoms with E-state index in [-0.39, 0.29) is 0 Å². The number of hydrogen-bond donors (Lipinski definition) is 1. The van der Waals surface area contributed by atoms with Gasteiger partial charge in [0.05, 0.1) is 5.69 Å². The Morgan fingerprint density at radius 2 is 2.19 bits per heavy atom. The molecule has 1 aliphatic rings. The molecule has 3 heterocycles. The van der Waals surface area contributed by atoms with E-state index in [9.17, 15) is 0 Å². The van der Waals surface area contributed by atoms with E-state index in [2.05, 4.69) is 40.2 Å². The maximum atomic E-state index is 4.63. The van der Waals surface area contributed by atoms with Gasteiger partial charge >= 0.3 is 0 Å². The monoisotopic (exact) mass is 287 g/mol. The Balaban J connectivity index is 1.68. The fourth-order valence-electron chi connectivity index (χ4n) is 3.02. The summed E-state index contributed by atoms with van der Waals surface area (Å²) in [5.74, 6) is 1.60. The fourth-order valence-corrected chi connectivity index (χ4v) is 3.02. The van der Waals surface area contributed by atoms with Gasteiger partial charge < -0.3 is 5.32 Å². The van der Waals surface area contributed by atoms with Crippen LogP contribution in [-0.2, 0) is 6.54 Å². The van der Waals surface area contributed by atoms with Crippen LogP contribution in [0.2, 0.25) is 0 Å². The second-order valence-corrected chi connectivity index (χ2v) is 6.28. The van der Waals surface area contributed by atoms with Crippen LogP contribution in [0.3, 0.4) is 0 Å². The molecule has 0 aliphatic carbocycles. The fraction of sp³-hybridized carbons (Fsp3) is 0.625. The normalized spacial score (nSPS) is 17.1. The van der Waals surface area contributed by atoms with Gasteiger partial charge in [0.15, 0.2) is 0 Å². The molecule has 114 valence electrons. The third-order valence-electron chi connectivity index (χ3n) is 4.33. The first-order chi connectivity index (χ1) is 10.2. The number of hydrogen-bond acceptors (Lipinski definition) is 4. The number of nitrogens with zero attached hydrogens (tertiary/aromatic N) is 4. The first-order valence-electron chi connectivity index (χ1n) is 7.96. The van der Waals surface area contributed by atoms with E-state index in [1.165, 1.54) is 19.4 Å². The minimum absolute atomic E-state index is 0.539. The Morgan fingerprint density at radius 3 is 2.90 bits per heavy atom. The minimum Gasteiger partial charge on any atom is -0.317 e. The molecule has 0 spiro atoms. The van der Waals surface area contributed by atoms with Gasteiger partial charge in [0, 0.05) is 37.7 Å². The molecule has 0 radical (unpaired) electrons. The van der Waals surface area contributed by atoms with Crippen LogP contribution >= 0.6 is 0 Å². The molecule has 2 aromatic rings. The predicted molar refractivity (Wildman–Crippen MR) is 84.1 cm³/mol. The summed E-state index contributed by atoms with van der Waals surface area (Å²) in [6.45, 7) is 8.94. The van der Waals surface area contributed by atoms with Crippen molar-refractivity contribution in [3.05, 3.63) is 30.4 Å². The van der Waals surface area contributed by atoms with Gasteiger partial charge in [0.25, 0.3) is 0 Å². The van der Waals surface area contributed by atoms with Crippen LogP contribution in [0.4, 0.5) is 0 Å². The van der Waals surface area contributed by atoms with Crippen molar-refractivity contribution < 1.29 is 0 Å². The van der Waals surface area contributed by atoms with Crippen LogP contribution in [0.5, 0.6) is 0 Å². The highest BCUT2D eigenvalue weighted by molar-refractivity contribution is 5.29. The van der Waals surface area contributed by atoms with E-state index < -0.39 is 0 Å². The topological polar surface area (TPSA) is 45.5 Å². The summed E-state index contributed by atoms with van der Waals surface area (Å²) in [5.41, 5.74) is 1.11. The smallest absolute Gasteiger partial charge is 0.233 e. The van der Waals surface area contributed by atoms with Crippen molar-refractivity contribution in [1.82, 2.24) is 24.6 Å². The lowest BCUT2D eigenvalue weighted by Crippen LogP contribution is -2.39. The predicted octanol–water partition coefficient (Wildman–Crippen LogP) is 1.94. The summed E-state index contributed by atoms with van der Waals surface area (Å²) in [6, 6.07) is 2.48. The first kappa shape index (κ1) is 14.5. The Labute approximate surface area is 126 Å². The summed E-state index contributed by atoms with van der Waals surface area (Å²) in [5, 5.41) is 3.44. The lowest BCUT2D eigenvalue weighted by atomic mass is 9.97. The highest BCUT2D eigenvalue weighted by Gasteiger charge is 2.20. The van der Waals surface area contributed by atoms with Crippen molar-refractivity contribution in [2.75, 3.05) is 19.6 Å². The molecule has 0 atom stereocenters. The number of nitrogens with one attached hydrogen (secondary N) is 1. The second kappa shape index (κ2) is 6.54. The zero-order valence-electron chi connectivity index (χ0n) is 13.0. The molecule has 0 unspecified atom stereocenters. The molecular formula is C16H25N5. The quantitative estimate of drug-likeness (QED) is 0.913. The highest BCUT2D eigenvalue weighted by atomic mass is 15.2. The van der Waals surface area contributed by atoms with E-state index >= 15 is 0 Å². The molecule has 0 aromatic carbocycles. The summed E-state index contributed by atoms with van der Waals surface area (Å²) in [4.78, 5) is 11.5. The van der Waals surface area contributed by atoms with Crippen LogP contribution in [-0.4, -0.2) is 44.9 Å². The van der Waals surface area contributed by atoms with Crippen LogP contribution < -0.4 is 5.32 Å². The SMILES string of the molecule is CC(C)N(Cc1cn2cccnc2n1)CC1CCNCC1. The van der Waals surface area contributed by atoms with Crippen molar-refractivity contribution in [3.63, 3.8) is 0 Å². The molecule has 1 saturated heterocycles. The maximum absolute atomic E-state index is 4.63. The standard InChI is InChI=1S/C16H25N5/c1-13(2)21(10-14-4-7-17-8-5-14)12-15-11-20-9-3-6-18-16(20)19-15/h3,6,9,11,13-14,17H,4-5,7-8,10,12H2,1-2H3. The molecular weight excluding hydrogens is 262 g/mol. The van der Waals surface area contributed by atoms with Crippen molar-refractivity contribution in [1.29, 1.82) is 0 Å². The number of rotatable bonds is 5. The second-order valence-electron chi connectivity index (χ2n) is 6.28. The lowest BCUT2D eigenvalue weighted by molar-refractivity contribution is 0.160. The minimum atomic E-state index is 0.539. The molecule has 0 amide bonds. The van der Waals surface area contributed by atoms with Gasteiger partial charge in [-0.1, -0.05) is 0 Å². The Morgan fingerprint density at radius 1 is 1.38 bits per heavy atom. The van der Waals surface area contributed by atoms with Crippen molar-refractivity contribution in [2.24, 2.45) is 5.92 Å². The third kappa shape index (κ3) is 3.60. The van der Waals surface area contributed by atoms with Crippen LogP contribution in [0.1, 0.15) is 32.4 Å². The average Bonchev–Trinajstić information content (AvgIpc) is 2.90. The van der Waals surface area contributed by atoms with E-state index in [4.69, 9.17) is 0 Å². The van der Waals surface area contributed by atoms with E-state index in [1.54, 1.807) is 6.20 Å². The summed E-state index contributed by atoms with van der Waals surface area (Å²) in [6.07, 6.45) is 8.47. The zero-order valence-corrected chi connectivity index (χ0v) is 13.0. The molecule has 5 nitrogen and oxygen atoms in total. The highest BCUT2D eigenvalue weighted by Crippen LogP contribution is 2.17. The molecule has 1 aliphatic heterocycles. The van der Waals surface area contributed by atoms with Crippen molar-refractivity contribution in [2.45, 2.75) is 39.3 Å². The number of aromatic nitrogens is 3. The van der Waals surface area contributed by atoms with Gasteiger partial charge in [-0.3, -0.25) is 9.30 Å². The van der Waals surface area contributed by atoms with Crippen LogP contribution in [0.25, 0.3) is 5.78 Å². The average molecular weight is 287 g/mol. The Hall–Kier alpha value is -1.46. The van der Waals surface area contributed by atoms with Gasteiger partial charge in [-0.25, -0.2) is 9.97 Å². The Kier molecular flexibility index (Phi) is 4.51. The van der Waals surface area contributed by atoms with E-state index in [0.717, 1.165) is 37.0 Å². The summed E-state index contributed by atoms with van der Waals surface area (Å²) < 4.78 is 2.00. The van der Waals surface area contributed by atoms with Crippen LogP contribution in [0, 0.1) is 5.92 Å². The van der Waals surface area contributed by atoms with Crippen LogP contribution in [0.15, 0.2) is 24.7 Å². The molecule has 3 rings (SSSR count). The number of fused-ring (bicyclic) bond motifs is 1. The first-order valence-corrected chi connectivity index (χ1v) is 7.96. The van der Waals surface area contributed by atoms with Gasteiger partial charge in [0.1, 0.15) is 0 Å². The Bertz CT molecular complexity index is 538. The number of imidazole rings is 1. The zero-order chi connectivity index (χ0) is 14.7. The van der Waals surface area contributed by atoms with Crippen molar-refractivity contribution in [3.8, 4) is 0 Å². The molecule has 2 aromatic heterocycles. The van der Waals surface area contributed by atoms with E-state index in [0.29, 0.717) is 6.04 Å². The molecule has 21 heavy (non-hydrogen) atoms. The third-order valence-corrected chi connectivity index (χ3v) is 4.33. The van der Waals surface area contributed by atoms with E-state index in [1.807, 2.05) is 16.7 Å². The molecule has 1 fully saturated rings. The number of piperidine rings is 1. The molecule has 0 bridgehead atoms. The van der Waals surface area contributed by atoms with Gasteiger partial charge in [-0.15, -0.1) is 0 Å². The van der Waals surface area contributed by atoms with Gasteiger partial charge in [0.2, 0.25) is 5.78 Å². The summed E-state index contributed by atoms with van der Waals surface area (Å²) >= 11 is 0. The lowest BCUT2D eigenvalue weighted by Gasteiger charge is -2.32. The maximum Gasteiger partial charge on any atom is 0.233 e. The van der Waals surface area contributed by atoms with Gasteiger partial charge in [-0.05, 0) is 51.8 Å². The molecule has 5 heteroatoms. The molecule has 0 saturated carbocycles. The molecule has 1 N–H and O–H groups in total. The van der Waals surface area contributed by atoms with Crippen molar-refractivity contribution >= 4 is 5.78 Å². The van der Waals surface area contributed by atoms with Gasteiger partial charge in [-0.2, -0.15) is 0 Å². The summed E-state index contributed by atoms with van der Waals surface area (Å²) in [7, 11) is 0. The largest absolute Gasteiger partial charge is 0.317 e.